The predicted octanol–water partition coefficient (Wildman–Crippen LogP) is 2.81. The zero-order chi connectivity index (χ0) is 13.5. The van der Waals surface area contributed by atoms with Crippen LogP contribution in [-0.2, 0) is 4.74 Å². The monoisotopic (exact) mass is 299 g/mol. The molecule has 2 rings (SSSR count). The zero-order valence-corrected chi connectivity index (χ0v) is 12.6. The lowest BCUT2D eigenvalue weighted by Gasteiger charge is -2.23. The number of benzene rings is 1. The van der Waals surface area contributed by atoms with Crippen molar-refractivity contribution in [2.45, 2.75) is 31.7 Å². The fraction of sp³-hybridized carbons (Fsp3) is 0.533. The van der Waals surface area contributed by atoms with Gasteiger partial charge in [0.05, 0.1) is 19.3 Å². The average molecular weight is 300 g/mol. The van der Waals surface area contributed by atoms with Crippen molar-refractivity contribution in [1.29, 1.82) is 0 Å². The van der Waals surface area contributed by atoms with Crippen molar-refractivity contribution >= 4 is 18.4 Å². The second-order valence-corrected chi connectivity index (χ2v) is 4.80. The van der Waals surface area contributed by atoms with Crippen LogP contribution in [-0.4, -0.2) is 32.3 Å². The Morgan fingerprint density at radius 2 is 2.05 bits per heavy atom. The van der Waals surface area contributed by atoms with Crippen LogP contribution in [0.3, 0.4) is 0 Å². The average Bonchev–Trinajstić information content (AvgIpc) is 2.48. The second kappa shape index (κ2) is 8.82. The minimum Gasteiger partial charge on any atom is -0.497 e. The number of piperidine rings is 1. The fourth-order valence-corrected chi connectivity index (χ4v) is 2.27. The van der Waals surface area contributed by atoms with Gasteiger partial charge in [-0.3, -0.25) is 0 Å². The van der Waals surface area contributed by atoms with E-state index in [4.69, 9.17) is 9.47 Å². The standard InChI is InChI=1S/C15H21NO3.ClH/c1-18-14-7-5-12(6-8-14)15(17)19-11-9-13-4-2-3-10-16-13;/h5-8,13,16H,2-4,9-11H2,1H3;1H. The van der Waals surface area contributed by atoms with Crippen molar-refractivity contribution in [3.63, 3.8) is 0 Å². The van der Waals surface area contributed by atoms with Crippen LogP contribution in [0.25, 0.3) is 0 Å². The van der Waals surface area contributed by atoms with Crippen molar-refractivity contribution in [2.75, 3.05) is 20.3 Å². The summed E-state index contributed by atoms with van der Waals surface area (Å²) in [5.41, 5.74) is 0.567. The van der Waals surface area contributed by atoms with E-state index in [9.17, 15) is 4.79 Å². The lowest BCUT2D eigenvalue weighted by molar-refractivity contribution is 0.0486. The summed E-state index contributed by atoms with van der Waals surface area (Å²) < 4.78 is 10.3. The molecule has 4 nitrogen and oxygen atoms in total. The van der Waals surface area contributed by atoms with Gasteiger partial charge in [-0.05, 0) is 50.1 Å². The molecule has 0 saturated carbocycles. The molecule has 1 N–H and O–H groups in total. The normalized spacial score (nSPS) is 17.9. The van der Waals surface area contributed by atoms with Crippen molar-refractivity contribution < 1.29 is 14.3 Å². The molecule has 0 amide bonds. The number of carbonyl (C=O) groups excluding carboxylic acids is 1. The Hall–Kier alpha value is -1.26. The van der Waals surface area contributed by atoms with E-state index in [2.05, 4.69) is 5.32 Å². The maximum Gasteiger partial charge on any atom is 0.338 e. The topological polar surface area (TPSA) is 47.6 Å². The summed E-state index contributed by atoms with van der Waals surface area (Å²) in [4.78, 5) is 11.8. The first-order valence-electron chi connectivity index (χ1n) is 6.84. The van der Waals surface area contributed by atoms with E-state index in [0.717, 1.165) is 18.7 Å². The highest BCUT2D eigenvalue weighted by Gasteiger charge is 2.13. The largest absolute Gasteiger partial charge is 0.497 e. The van der Waals surface area contributed by atoms with E-state index in [-0.39, 0.29) is 18.4 Å². The van der Waals surface area contributed by atoms with Crippen molar-refractivity contribution in [3.05, 3.63) is 29.8 Å². The lowest BCUT2D eigenvalue weighted by Crippen LogP contribution is -2.35. The Morgan fingerprint density at radius 3 is 2.65 bits per heavy atom. The first-order chi connectivity index (χ1) is 9.29. The summed E-state index contributed by atoms with van der Waals surface area (Å²) in [6.07, 6.45) is 4.59. The summed E-state index contributed by atoms with van der Waals surface area (Å²) in [6.45, 7) is 1.56. The van der Waals surface area contributed by atoms with Gasteiger partial charge in [-0.25, -0.2) is 4.79 Å². The third-order valence-electron chi connectivity index (χ3n) is 3.44. The highest BCUT2D eigenvalue weighted by molar-refractivity contribution is 5.89. The maximum atomic E-state index is 11.8. The summed E-state index contributed by atoms with van der Waals surface area (Å²) in [6, 6.07) is 7.47. The molecule has 1 atom stereocenters. The van der Waals surface area contributed by atoms with Gasteiger partial charge in [0.25, 0.3) is 0 Å². The molecule has 1 fully saturated rings. The van der Waals surface area contributed by atoms with Gasteiger partial charge in [0.1, 0.15) is 5.75 Å². The van der Waals surface area contributed by atoms with E-state index < -0.39 is 0 Å². The summed E-state index contributed by atoms with van der Waals surface area (Å²) >= 11 is 0. The SMILES string of the molecule is COc1ccc(C(=O)OCCC2CCCCN2)cc1.Cl. The number of methoxy groups -OCH3 is 1. The molecule has 5 heteroatoms. The van der Waals surface area contributed by atoms with E-state index in [1.54, 1.807) is 31.4 Å². The molecule has 1 unspecified atom stereocenters. The van der Waals surface area contributed by atoms with Crippen LogP contribution in [0.2, 0.25) is 0 Å². The van der Waals surface area contributed by atoms with Crippen molar-refractivity contribution in [2.24, 2.45) is 0 Å². The molecular formula is C15H22ClNO3. The van der Waals surface area contributed by atoms with Gasteiger partial charge in [-0.1, -0.05) is 6.42 Å². The second-order valence-electron chi connectivity index (χ2n) is 4.80. The van der Waals surface area contributed by atoms with Crippen molar-refractivity contribution in [1.82, 2.24) is 5.32 Å². The Morgan fingerprint density at radius 1 is 1.30 bits per heavy atom. The van der Waals surface area contributed by atoms with Crippen LogP contribution >= 0.6 is 12.4 Å². The molecule has 0 radical (unpaired) electrons. The van der Waals surface area contributed by atoms with Crippen LogP contribution in [0.1, 0.15) is 36.0 Å². The smallest absolute Gasteiger partial charge is 0.338 e. The highest BCUT2D eigenvalue weighted by Crippen LogP contribution is 2.13. The van der Waals surface area contributed by atoms with E-state index in [1.807, 2.05) is 0 Å². The van der Waals surface area contributed by atoms with Crippen LogP contribution in [0.4, 0.5) is 0 Å². The molecule has 1 aliphatic rings. The molecule has 20 heavy (non-hydrogen) atoms. The van der Waals surface area contributed by atoms with Crippen LogP contribution in [0, 0.1) is 0 Å². The molecule has 1 aliphatic heterocycles. The lowest BCUT2D eigenvalue weighted by atomic mass is 10.0. The number of ether oxygens (including phenoxy) is 2. The number of rotatable bonds is 5. The number of halogens is 1. The van der Waals surface area contributed by atoms with Gasteiger partial charge >= 0.3 is 5.97 Å². The number of esters is 1. The third-order valence-corrected chi connectivity index (χ3v) is 3.44. The minimum absolute atomic E-state index is 0. The van der Waals surface area contributed by atoms with Gasteiger partial charge in [-0.15, -0.1) is 12.4 Å². The van der Waals surface area contributed by atoms with Crippen LogP contribution < -0.4 is 10.1 Å². The summed E-state index contributed by atoms with van der Waals surface area (Å²) in [5, 5.41) is 3.44. The molecule has 112 valence electrons. The Kier molecular flexibility index (Phi) is 7.41. The van der Waals surface area contributed by atoms with Crippen molar-refractivity contribution in [3.8, 4) is 5.75 Å². The molecule has 0 aliphatic carbocycles. The quantitative estimate of drug-likeness (QED) is 0.849. The van der Waals surface area contributed by atoms with Gasteiger partial charge in [0, 0.05) is 6.04 Å². The highest BCUT2D eigenvalue weighted by atomic mass is 35.5. The van der Waals surface area contributed by atoms with Crippen LogP contribution in [0.5, 0.6) is 5.75 Å². The molecule has 1 aromatic carbocycles. The molecule has 0 aromatic heterocycles. The number of hydrogen-bond acceptors (Lipinski definition) is 4. The number of nitrogens with one attached hydrogen (secondary N) is 1. The van der Waals surface area contributed by atoms with Crippen LogP contribution in [0.15, 0.2) is 24.3 Å². The third kappa shape index (κ3) is 5.02. The molecule has 1 saturated heterocycles. The molecule has 1 heterocycles. The first-order valence-corrected chi connectivity index (χ1v) is 6.84. The first kappa shape index (κ1) is 16.8. The Balaban J connectivity index is 0.00000200. The van der Waals surface area contributed by atoms with Gasteiger partial charge in [0.15, 0.2) is 0 Å². The maximum absolute atomic E-state index is 11.8. The number of carbonyl (C=O) groups is 1. The number of hydrogen-bond donors (Lipinski definition) is 1. The van der Waals surface area contributed by atoms with E-state index in [1.165, 1.54) is 19.3 Å². The predicted molar refractivity (Wildman–Crippen MR) is 80.8 cm³/mol. The molecule has 0 bridgehead atoms. The van der Waals surface area contributed by atoms with E-state index >= 15 is 0 Å². The Bertz CT molecular complexity index is 402. The zero-order valence-electron chi connectivity index (χ0n) is 11.8. The molecular weight excluding hydrogens is 278 g/mol. The summed E-state index contributed by atoms with van der Waals surface area (Å²) in [5.74, 6) is 0.474. The fourth-order valence-electron chi connectivity index (χ4n) is 2.27. The van der Waals surface area contributed by atoms with Gasteiger partial charge in [0.2, 0.25) is 0 Å². The van der Waals surface area contributed by atoms with E-state index in [0.29, 0.717) is 18.2 Å². The molecule has 1 aromatic rings. The summed E-state index contributed by atoms with van der Waals surface area (Å²) in [7, 11) is 1.60. The molecule has 0 spiro atoms. The Labute approximate surface area is 126 Å². The van der Waals surface area contributed by atoms with Gasteiger partial charge < -0.3 is 14.8 Å². The van der Waals surface area contributed by atoms with Gasteiger partial charge in [-0.2, -0.15) is 0 Å². The minimum atomic E-state index is -0.265.